The molecule has 0 bridgehead atoms. The van der Waals surface area contributed by atoms with E-state index in [0.29, 0.717) is 12.8 Å². The molecule has 4 nitrogen and oxygen atoms in total. The minimum Gasteiger partial charge on any atom is -0.346 e. The van der Waals surface area contributed by atoms with Gasteiger partial charge < -0.3 is 11.1 Å². The van der Waals surface area contributed by atoms with E-state index in [-0.39, 0.29) is 11.4 Å². The van der Waals surface area contributed by atoms with Crippen LogP contribution in [0.25, 0.3) is 0 Å². The Morgan fingerprint density at radius 2 is 1.43 bits per heavy atom. The number of nitrogens with zero attached hydrogens (tertiary/aromatic N) is 1. The SMILES string of the molecule is CN(C)C1(c2ccccc2)CCC(N)(C(=O)NC(C)(C)c2ccccc2)CC1. The van der Waals surface area contributed by atoms with Crippen LogP contribution in [0.1, 0.15) is 50.7 Å². The molecule has 0 aliphatic heterocycles. The van der Waals surface area contributed by atoms with Crippen LogP contribution >= 0.6 is 0 Å². The van der Waals surface area contributed by atoms with E-state index in [1.54, 1.807) is 0 Å². The zero-order valence-electron chi connectivity index (χ0n) is 17.5. The lowest BCUT2D eigenvalue weighted by molar-refractivity contribution is -0.130. The highest BCUT2D eigenvalue weighted by Gasteiger charge is 2.47. The van der Waals surface area contributed by atoms with Crippen LogP contribution in [0, 0.1) is 0 Å². The molecule has 0 heterocycles. The monoisotopic (exact) mass is 379 g/mol. The fourth-order valence-electron chi connectivity index (χ4n) is 4.41. The van der Waals surface area contributed by atoms with Crippen LogP contribution < -0.4 is 11.1 Å². The second-order valence-electron chi connectivity index (χ2n) is 8.89. The van der Waals surface area contributed by atoms with E-state index in [1.165, 1.54) is 5.56 Å². The third-order valence-electron chi connectivity index (χ3n) is 6.51. The molecule has 0 atom stereocenters. The largest absolute Gasteiger partial charge is 0.346 e. The Bertz CT molecular complexity index is 791. The van der Waals surface area contributed by atoms with E-state index in [2.05, 4.69) is 48.6 Å². The third-order valence-corrected chi connectivity index (χ3v) is 6.51. The summed E-state index contributed by atoms with van der Waals surface area (Å²) in [6.07, 6.45) is 3.05. The van der Waals surface area contributed by atoms with Crippen molar-refractivity contribution in [3.63, 3.8) is 0 Å². The highest BCUT2D eigenvalue weighted by Crippen LogP contribution is 2.44. The predicted molar refractivity (Wildman–Crippen MR) is 115 cm³/mol. The summed E-state index contributed by atoms with van der Waals surface area (Å²) in [4.78, 5) is 15.5. The molecule has 1 amide bonds. The first-order chi connectivity index (χ1) is 13.2. The first kappa shape index (κ1) is 20.6. The van der Waals surface area contributed by atoms with Gasteiger partial charge in [0.05, 0.1) is 11.1 Å². The van der Waals surface area contributed by atoms with Crippen molar-refractivity contribution in [3.8, 4) is 0 Å². The van der Waals surface area contributed by atoms with E-state index in [0.717, 1.165) is 18.4 Å². The van der Waals surface area contributed by atoms with Crippen LogP contribution in [0.3, 0.4) is 0 Å². The lowest BCUT2D eigenvalue weighted by Gasteiger charge is -2.48. The van der Waals surface area contributed by atoms with Crippen LogP contribution in [-0.4, -0.2) is 30.4 Å². The van der Waals surface area contributed by atoms with Crippen molar-refractivity contribution >= 4 is 5.91 Å². The summed E-state index contributed by atoms with van der Waals surface area (Å²) >= 11 is 0. The number of hydrogen-bond acceptors (Lipinski definition) is 3. The summed E-state index contributed by atoms with van der Waals surface area (Å²) in [7, 11) is 4.24. The fraction of sp³-hybridized carbons (Fsp3) is 0.458. The highest BCUT2D eigenvalue weighted by atomic mass is 16.2. The van der Waals surface area contributed by atoms with Gasteiger partial charge >= 0.3 is 0 Å². The Hall–Kier alpha value is -2.17. The van der Waals surface area contributed by atoms with Gasteiger partial charge in [0.2, 0.25) is 5.91 Å². The van der Waals surface area contributed by atoms with Gasteiger partial charge in [-0.05, 0) is 64.8 Å². The predicted octanol–water partition coefficient (Wildman–Crippen LogP) is 3.77. The first-order valence-electron chi connectivity index (χ1n) is 10.1. The van der Waals surface area contributed by atoms with Crippen molar-refractivity contribution in [2.45, 2.75) is 56.1 Å². The second-order valence-corrected chi connectivity index (χ2v) is 8.89. The van der Waals surface area contributed by atoms with E-state index in [9.17, 15) is 4.79 Å². The first-order valence-corrected chi connectivity index (χ1v) is 10.1. The topological polar surface area (TPSA) is 58.4 Å². The van der Waals surface area contributed by atoms with Crippen molar-refractivity contribution in [2.24, 2.45) is 5.73 Å². The fourth-order valence-corrected chi connectivity index (χ4v) is 4.41. The Morgan fingerprint density at radius 3 is 1.93 bits per heavy atom. The molecule has 2 aromatic carbocycles. The number of nitrogens with one attached hydrogen (secondary N) is 1. The molecule has 0 unspecified atom stereocenters. The van der Waals surface area contributed by atoms with Gasteiger partial charge in [-0.25, -0.2) is 0 Å². The van der Waals surface area contributed by atoms with Gasteiger partial charge in [0.15, 0.2) is 0 Å². The van der Waals surface area contributed by atoms with Gasteiger partial charge in [0.1, 0.15) is 0 Å². The summed E-state index contributed by atoms with van der Waals surface area (Å²) in [5.41, 5.74) is 7.67. The molecule has 4 heteroatoms. The van der Waals surface area contributed by atoms with Crippen LogP contribution in [0.5, 0.6) is 0 Å². The zero-order chi connectivity index (χ0) is 20.4. The highest BCUT2D eigenvalue weighted by molar-refractivity contribution is 5.87. The normalized spacial score (nSPS) is 25.5. The molecule has 0 radical (unpaired) electrons. The van der Waals surface area contributed by atoms with E-state index >= 15 is 0 Å². The average Bonchev–Trinajstić information content (AvgIpc) is 2.69. The molecule has 0 saturated heterocycles. The Labute approximate surface area is 169 Å². The molecule has 28 heavy (non-hydrogen) atoms. The minimum atomic E-state index is -0.833. The smallest absolute Gasteiger partial charge is 0.240 e. The summed E-state index contributed by atoms with van der Waals surface area (Å²) in [6.45, 7) is 4.06. The van der Waals surface area contributed by atoms with Crippen LogP contribution in [0.15, 0.2) is 60.7 Å². The molecule has 3 N–H and O–H groups in total. The number of carbonyl (C=O) groups excluding carboxylic acids is 1. The molecule has 1 aliphatic rings. The van der Waals surface area contributed by atoms with Crippen molar-refractivity contribution < 1.29 is 4.79 Å². The molecule has 150 valence electrons. The number of benzene rings is 2. The molecular weight excluding hydrogens is 346 g/mol. The maximum absolute atomic E-state index is 13.2. The van der Waals surface area contributed by atoms with Crippen LogP contribution in [0.2, 0.25) is 0 Å². The average molecular weight is 380 g/mol. The van der Waals surface area contributed by atoms with E-state index < -0.39 is 11.1 Å². The van der Waals surface area contributed by atoms with Gasteiger partial charge in [-0.3, -0.25) is 9.69 Å². The van der Waals surface area contributed by atoms with Crippen LogP contribution in [0.4, 0.5) is 0 Å². The summed E-state index contributed by atoms with van der Waals surface area (Å²) < 4.78 is 0. The quantitative estimate of drug-likeness (QED) is 0.831. The summed E-state index contributed by atoms with van der Waals surface area (Å²) in [5, 5.41) is 3.20. The summed E-state index contributed by atoms with van der Waals surface area (Å²) in [6, 6.07) is 20.6. The van der Waals surface area contributed by atoms with Gasteiger partial charge in [-0.2, -0.15) is 0 Å². The number of hydrogen-bond donors (Lipinski definition) is 2. The van der Waals surface area contributed by atoms with Gasteiger partial charge in [-0.1, -0.05) is 60.7 Å². The Kier molecular flexibility index (Phi) is 5.64. The Balaban J connectivity index is 1.76. The van der Waals surface area contributed by atoms with Crippen molar-refractivity contribution in [2.75, 3.05) is 14.1 Å². The third kappa shape index (κ3) is 3.85. The maximum Gasteiger partial charge on any atom is 0.240 e. The van der Waals surface area contributed by atoms with E-state index in [1.807, 2.05) is 50.2 Å². The Morgan fingerprint density at radius 1 is 0.929 bits per heavy atom. The number of amides is 1. The molecule has 1 aliphatic carbocycles. The zero-order valence-corrected chi connectivity index (χ0v) is 17.5. The lowest BCUT2D eigenvalue weighted by Crippen LogP contribution is -2.61. The van der Waals surface area contributed by atoms with Crippen molar-refractivity contribution in [1.82, 2.24) is 10.2 Å². The number of nitrogens with two attached hydrogens (primary N) is 1. The maximum atomic E-state index is 13.2. The van der Waals surface area contributed by atoms with Gasteiger partial charge in [0, 0.05) is 5.54 Å². The minimum absolute atomic E-state index is 0.0539. The van der Waals surface area contributed by atoms with Crippen LogP contribution in [-0.2, 0) is 15.9 Å². The molecule has 0 aromatic heterocycles. The summed E-state index contributed by atoms with van der Waals surface area (Å²) in [5.74, 6) is -0.0539. The van der Waals surface area contributed by atoms with E-state index in [4.69, 9.17) is 5.73 Å². The second kappa shape index (κ2) is 7.69. The standard InChI is InChI=1S/C24H33N3O/c1-22(2,19-11-7-5-8-12-19)26-21(28)23(25)15-17-24(18-16-23,27(3)4)20-13-9-6-10-14-20/h5-14H,15-18,25H2,1-4H3,(H,26,28). The molecule has 3 rings (SSSR count). The lowest BCUT2D eigenvalue weighted by atomic mass is 9.68. The van der Waals surface area contributed by atoms with Crippen molar-refractivity contribution in [3.05, 3.63) is 71.8 Å². The number of carbonyl (C=O) groups is 1. The molecular formula is C24H33N3O. The molecule has 1 saturated carbocycles. The van der Waals surface area contributed by atoms with Gasteiger partial charge in [-0.15, -0.1) is 0 Å². The van der Waals surface area contributed by atoms with Crippen molar-refractivity contribution in [1.29, 1.82) is 0 Å². The van der Waals surface area contributed by atoms with Gasteiger partial charge in [0.25, 0.3) is 0 Å². The molecule has 2 aromatic rings. The number of rotatable bonds is 5. The molecule has 1 fully saturated rings. The molecule has 0 spiro atoms.